The van der Waals surface area contributed by atoms with E-state index in [1.54, 1.807) is 22.7 Å². The molecule has 0 aliphatic heterocycles. The van der Waals surface area contributed by atoms with E-state index in [1.165, 1.54) is 0 Å². The second-order valence-corrected chi connectivity index (χ2v) is 4.88. The summed E-state index contributed by atoms with van der Waals surface area (Å²) in [7, 11) is 0. The summed E-state index contributed by atoms with van der Waals surface area (Å²) < 4.78 is 11.1. The Balaban J connectivity index is 1.49. The zero-order chi connectivity index (χ0) is 11.1. The van der Waals surface area contributed by atoms with Crippen LogP contribution in [0.1, 0.15) is 12.8 Å². The van der Waals surface area contributed by atoms with Crippen molar-refractivity contribution in [3.63, 3.8) is 0 Å². The first-order valence-electron chi connectivity index (χ1n) is 5.25. The topological polar surface area (TPSA) is 18.5 Å². The Labute approximate surface area is 103 Å². The molecule has 0 radical (unpaired) electrons. The van der Waals surface area contributed by atoms with Crippen LogP contribution in [0.2, 0.25) is 0 Å². The van der Waals surface area contributed by atoms with E-state index < -0.39 is 0 Å². The van der Waals surface area contributed by atoms with Gasteiger partial charge in [0.05, 0.1) is 13.2 Å². The van der Waals surface area contributed by atoms with Crippen molar-refractivity contribution >= 4 is 22.7 Å². The summed E-state index contributed by atoms with van der Waals surface area (Å²) in [6.07, 6.45) is 2.06. The number of thiophene rings is 2. The lowest BCUT2D eigenvalue weighted by molar-refractivity contribution is 0.267. The maximum Gasteiger partial charge on any atom is 0.129 e. The van der Waals surface area contributed by atoms with E-state index in [-0.39, 0.29) is 0 Å². The van der Waals surface area contributed by atoms with Crippen LogP contribution in [0.4, 0.5) is 0 Å². The normalized spacial score (nSPS) is 10.2. The van der Waals surface area contributed by atoms with Gasteiger partial charge in [0.25, 0.3) is 0 Å². The maximum atomic E-state index is 5.54. The number of ether oxygens (including phenoxy) is 2. The van der Waals surface area contributed by atoms with E-state index in [0.717, 1.165) is 37.6 Å². The first-order chi connectivity index (χ1) is 7.95. The minimum absolute atomic E-state index is 0.768. The van der Waals surface area contributed by atoms with Gasteiger partial charge in [0.1, 0.15) is 11.5 Å². The van der Waals surface area contributed by atoms with E-state index in [0.29, 0.717) is 0 Å². The fraction of sp³-hybridized carbons (Fsp3) is 0.333. The van der Waals surface area contributed by atoms with Crippen molar-refractivity contribution in [3.05, 3.63) is 33.7 Å². The van der Waals surface area contributed by atoms with Crippen molar-refractivity contribution < 1.29 is 9.47 Å². The molecule has 0 fully saturated rings. The SMILES string of the molecule is c1cc(OCCCCOc2ccsc2)cs1. The summed E-state index contributed by atoms with van der Waals surface area (Å²) in [5.41, 5.74) is 0. The van der Waals surface area contributed by atoms with Gasteiger partial charge in [-0.15, -0.1) is 22.7 Å². The molecule has 0 saturated carbocycles. The fourth-order valence-corrected chi connectivity index (χ4v) is 2.40. The molecule has 0 saturated heterocycles. The Morgan fingerprint density at radius 3 is 1.69 bits per heavy atom. The molecular formula is C12H14O2S2. The highest BCUT2D eigenvalue weighted by Gasteiger charge is 1.95. The van der Waals surface area contributed by atoms with Gasteiger partial charge in [-0.1, -0.05) is 0 Å². The first kappa shape index (κ1) is 11.5. The molecule has 0 amide bonds. The maximum absolute atomic E-state index is 5.54. The molecule has 0 aliphatic carbocycles. The third-order valence-corrected chi connectivity index (χ3v) is 3.39. The largest absolute Gasteiger partial charge is 0.493 e. The minimum atomic E-state index is 0.768. The summed E-state index contributed by atoms with van der Waals surface area (Å²) in [5.74, 6) is 1.95. The Morgan fingerprint density at radius 1 is 0.812 bits per heavy atom. The Hall–Kier alpha value is -1.00. The van der Waals surface area contributed by atoms with Crippen LogP contribution in [-0.4, -0.2) is 13.2 Å². The van der Waals surface area contributed by atoms with Gasteiger partial charge in [0.2, 0.25) is 0 Å². The van der Waals surface area contributed by atoms with Gasteiger partial charge in [-0.2, -0.15) is 0 Å². The molecule has 0 aliphatic rings. The van der Waals surface area contributed by atoms with Crippen molar-refractivity contribution in [1.29, 1.82) is 0 Å². The molecule has 0 unspecified atom stereocenters. The molecule has 0 atom stereocenters. The Morgan fingerprint density at radius 2 is 1.31 bits per heavy atom. The van der Waals surface area contributed by atoms with Crippen LogP contribution in [0.5, 0.6) is 11.5 Å². The van der Waals surface area contributed by atoms with Gasteiger partial charge in [-0.05, 0) is 35.7 Å². The molecule has 0 N–H and O–H groups in total. The van der Waals surface area contributed by atoms with Crippen LogP contribution in [0.15, 0.2) is 33.7 Å². The van der Waals surface area contributed by atoms with E-state index in [1.807, 2.05) is 33.7 Å². The van der Waals surface area contributed by atoms with Gasteiger partial charge in [0.15, 0.2) is 0 Å². The van der Waals surface area contributed by atoms with Crippen LogP contribution in [0, 0.1) is 0 Å². The van der Waals surface area contributed by atoms with Crippen molar-refractivity contribution in [2.45, 2.75) is 12.8 Å². The number of hydrogen-bond donors (Lipinski definition) is 0. The number of unbranched alkanes of at least 4 members (excludes halogenated alkanes) is 1. The van der Waals surface area contributed by atoms with Crippen LogP contribution in [-0.2, 0) is 0 Å². The number of hydrogen-bond acceptors (Lipinski definition) is 4. The predicted molar refractivity (Wildman–Crippen MR) is 68.9 cm³/mol. The van der Waals surface area contributed by atoms with Crippen molar-refractivity contribution in [2.24, 2.45) is 0 Å². The van der Waals surface area contributed by atoms with E-state index in [4.69, 9.17) is 9.47 Å². The van der Waals surface area contributed by atoms with Crippen molar-refractivity contribution in [1.82, 2.24) is 0 Å². The van der Waals surface area contributed by atoms with Crippen molar-refractivity contribution in [2.75, 3.05) is 13.2 Å². The zero-order valence-electron chi connectivity index (χ0n) is 8.93. The van der Waals surface area contributed by atoms with E-state index in [2.05, 4.69) is 0 Å². The molecular weight excluding hydrogens is 240 g/mol. The molecule has 0 bridgehead atoms. The Bertz CT molecular complexity index is 329. The summed E-state index contributed by atoms with van der Waals surface area (Å²) in [6, 6.07) is 3.99. The highest BCUT2D eigenvalue weighted by Crippen LogP contribution is 2.16. The molecule has 2 rings (SSSR count). The molecule has 86 valence electrons. The highest BCUT2D eigenvalue weighted by atomic mass is 32.1. The minimum Gasteiger partial charge on any atom is -0.493 e. The average Bonchev–Trinajstić information content (AvgIpc) is 2.96. The molecule has 16 heavy (non-hydrogen) atoms. The summed E-state index contributed by atoms with van der Waals surface area (Å²) in [6.45, 7) is 1.54. The zero-order valence-corrected chi connectivity index (χ0v) is 10.6. The summed E-state index contributed by atoms with van der Waals surface area (Å²) in [4.78, 5) is 0. The van der Waals surface area contributed by atoms with Crippen LogP contribution < -0.4 is 9.47 Å². The van der Waals surface area contributed by atoms with Crippen LogP contribution in [0.3, 0.4) is 0 Å². The Kier molecular flexibility index (Phi) is 4.70. The third-order valence-electron chi connectivity index (χ3n) is 2.07. The standard InChI is InChI=1S/C12H14O2S2/c1(5-13-11-3-7-15-9-11)2-6-14-12-4-8-16-10-12/h3-4,7-10H,1-2,5-6H2. The van der Waals surface area contributed by atoms with E-state index in [9.17, 15) is 0 Å². The van der Waals surface area contributed by atoms with Gasteiger partial charge in [-0.25, -0.2) is 0 Å². The van der Waals surface area contributed by atoms with Gasteiger partial charge < -0.3 is 9.47 Å². The molecule has 4 heteroatoms. The van der Waals surface area contributed by atoms with Gasteiger partial charge >= 0.3 is 0 Å². The molecule has 2 aromatic rings. The average molecular weight is 254 g/mol. The molecule has 2 aromatic heterocycles. The summed E-state index contributed by atoms with van der Waals surface area (Å²) in [5, 5.41) is 8.08. The second-order valence-electron chi connectivity index (χ2n) is 3.32. The van der Waals surface area contributed by atoms with Crippen LogP contribution in [0.25, 0.3) is 0 Å². The first-order valence-corrected chi connectivity index (χ1v) is 7.14. The predicted octanol–water partition coefficient (Wildman–Crippen LogP) is 4.05. The number of rotatable bonds is 7. The monoisotopic (exact) mass is 254 g/mol. The fourth-order valence-electron chi connectivity index (χ4n) is 1.25. The van der Waals surface area contributed by atoms with Crippen LogP contribution >= 0.6 is 22.7 Å². The molecule has 2 nitrogen and oxygen atoms in total. The van der Waals surface area contributed by atoms with Crippen molar-refractivity contribution in [3.8, 4) is 11.5 Å². The highest BCUT2D eigenvalue weighted by molar-refractivity contribution is 7.08. The lowest BCUT2D eigenvalue weighted by Crippen LogP contribution is -2.01. The molecule has 2 heterocycles. The molecule has 0 spiro atoms. The smallest absolute Gasteiger partial charge is 0.129 e. The second kappa shape index (κ2) is 6.55. The van der Waals surface area contributed by atoms with Gasteiger partial charge in [0, 0.05) is 10.8 Å². The van der Waals surface area contributed by atoms with E-state index >= 15 is 0 Å². The van der Waals surface area contributed by atoms with Gasteiger partial charge in [-0.3, -0.25) is 0 Å². The quantitative estimate of drug-likeness (QED) is 0.694. The third kappa shape index (κ3) is 3.87. The lowest BCUT2D eigenvalue weighted by atomic mass is 10.3. The lowest BCUT2D eigenvalue weighted by Gasteiger charge is -2.04. The summed E-state index contributed by atoms with van der Waals surface area (Å²) >= 11 is 3.32. The molecule has 0 aromatic carbocycles.